The molecule has 8 heteroatoms. The first-order valence-electron chi connectivity index (χ1n) is 8.94. The highest BCUT2D eigenvalue weighted by Gasteiger charge is 2.67. The Kier molecular flexibility index (Phi) is 4.96. The van der Waals surface area contributed by atoms with Crippen LogP contribution in [0.2, 0.25) is 19.6 Å². The van der Waals surface area contributed by atoms with Gasteiger partial charge in [0, 0.05) is 19.1 Å². The third kappa shape index (κ3) is 2.80. The molecule has 26 heavy (non-hydrogen) atoms. The molecule has 2 heterocycles. The zero-order valence-electron chi connectivity index (χ0n) is 16.2. The summed E-state index contributed by atoms with van der Waals surface area (Å²) in [6.45, 7) is 10.1. The van der Waals surface area contributed by atoms with Crippen LogP contribution in [0.4, 0.5) is 0 Å². The Morgan fingerprint density at radius 1 is 1.38 bits per heavy atom. The molecule has 0 radical (unpaired) electrons. The van der Waals surface area contributed by atoms with Crippen molar-refractivity contribution in [3.8, 4) is 0 Å². The predicted molar refractivity (Wildman–Crippen MR) is 95.4 cm³/mol. The molecule has 0 saturated carbocycles. The summed E-state index contributed by atoms with van der Waals surface area (Å²) >= 11 is 0. The molecule has 0 aromatic heterocycles. The SMILES string of the molecule is CCOC(=O)[C@@H]1C=C(C)[C@@H](OC)C[C@@]1(O)C1=C[C@H]2OO[C@]1([Si](C)(C)C)O2. The largest absolute Gasteiger partial charge is 0.465 e. The predicted octanol–water partition coefficient (Wildman–Crippen LogP) is 2.08. The maximum atomic E-state index is 12.7. The summed E-state index contributed by atoms with van der Waals surface area (Å²) in [5, 5.41) is 11.8. The molecule has 7 nitrogen and oxygen atoms in total. The van der Waals surface area contributed by atoms with E-state index in [1.165, 1.54) is 0 Å². The number of methoxy groups -OCH3 is 1. The second-order valence-corrected chi connectivity index (χ2v) is 13.3. The second kappa shape index (κ2) is 6.54. The lowest BCUT2D eigenvalue weighted by atomic mass is 9.71. The van der Waals surface area contributed by atoms with Gasteiger partial charge < -0.3 is 19.3 Å². The van der Waals surface area contributed by atoms with Gasteiger partial charge in [0.1, 0.15) is 19.6 Å². The first kappa shape index (κ1) is 19.7. The van der Waals surface area contributed by atoms with Gasteiger partial charge in [-0.1, -0.05) is 25.7 Å². The first-order valence-corrected chi connectivity index (χ1v) is 12.4. The van der Waals surface area contributed by atoms with Crippen LogP contribution in [0, 0.1) is 5.92 Å². The van der Waals surface area contributed by atoms with E-state index in [1.54, 1.807) is 26.2 Å². The van der Waals surface area contributed by atoms with Crippen LogP contribution in [0.1, 0.15) is 20.3 Å². The van der Waals surface area contributed by atoms with Crippen molar-refractivity contribution < 1.29 is 33.9 Å². The summed E-state index contributed by atoms with van der Waals surface area (Å²) in [7, 11) is -0.580. The van der Waals surface area contributed by atoms with Gasteiger partial charge in [-0.25, -0.2) is 0 Å². The third-order valence-corrected chi connectivity index (χ3v) is 7.87. The molecule has 1 aliphatic carbocycles. The Labute approximate surface area is 154 Å². The molecule has 0 aromatic rings. The highest BCUT2D eigenvalue weighted by atomic mass is 28.3. The average Bonchev–Trinajstić information content (AvgIpc) is 3.17. The van der Waals surface area contributed by atoms with Gasteiger partial charge >= 0.3 is 5.97 Å². The lowest BCUT2D eigenvalue weighted by molar-refractivity contribution is -0.307. The molecule has 2 aliphatic heterocycles. The van der Waals surface area contributed by atoms with Gasteiger partial charge in [0.2, 0.25) is 11.7 Å². The number of hydrogen-bond acceptors (Lipinski definition) is 7. The van der Waals surface area contributed by atoms with E-state index >= 15 is 0 Å². The molecule has 5 atom stereocenters. The van der Waals surface area contributed by atoms with Gasteiger partial charge in [-0.15, -0.1) is 0 Å². The van der Waals surface area contributed by atoms with Gasteiger partial charge in [0.05, 0.1) is 12.7 Å². The molecule has 0 aromatic carbocycles. The first-order chi connectivity index (χ1) is 12.1. The van der Waals surface area contributed by atoms with Crippen molar-refractivity contribution in [1.82, 2.24) is 0 Å². The molecule has 1 fully saturated rings. The monoisotopic (exact) mass is 384 g/mol. The van der Waals surface area contributed by atoms with Crippen molar-refractivity contribution in [2.45, 2.75) is 63.3 Å². The summed E-state index contributed by atoms with van der Waals surface area (Å²) in [6.07, 6.45) is 2.69. The number of esters is 1. The van der Waals surface area contributed by atoms with Crippen molar-refractivity contribution >= 4 is 14.0 Å². The fourth-order valence-corrected chi connectivity index (χ4v) is 5.87. The van der Waals surface area contributed by atoms with Crippen LogP contribution in [-0.4, -0.2) is 56.3 Å². The minimum atomic E-state index is -2.17. The van der Waals surface area contributed by atoms with Crippen molar-refractivity contribution in [1.29, 1.82) is 0 Å². The van der Waals surface area contributed by atoms with Crippen molar-refractivity contribution in [2.24, 2.45) is 5.92 Å². The number of rotatable bonds is 5. The Hall–Kier alpha value is -1.03. The van der Waals surface area contributed by atoms with Crippen LogP contribution < -0.4 is 0 Å². The standard InChI is InChI=1S/C18H28O7Si/c1-7-22-16(19)12-8-11(2)13(21-3)10-17(12,20)14-9-15-23-18(14,25-24-15)26(4,5)6/h8-9,12-13,15,20H,7,10H2,1-6H3/t12-,13-,15+,17-,18+/m0/s1. The minimum absolute atomic E-state index is 0.215. The number of ether oxygens (including phenoxy) is 3. The zero-order valence-corrected chi connectivity index (χ0v) is 17.2. The van der Waals surface area contributed by atoms with E-state index in [9.17, 15) is 9.90 Å². The van der Waals surface area contributed by atoms with E-state index in [-0.39, 0.29) is 19.1 Å². The van der Waals surface area contributed by atoms with E-state index in [2.05, 4.69) is 19.6 Å². The van der Waals surface area contributed by atoms with Gasteiger partial charge in [-0.2, -0.15) is 9.78 Å². The van der Waals surface area contributed by atoms with Crippen LogP contribution in [0.25, 0.3) is 0 Å². The molecule has 3 rings (SSSR count). The highest BCUT2D eigenvalue weighted by Crippen LogP contribution is 2.54. The molecule has 146 valence electrons. The Balaban J connectivity index is 2.10. The van der Waals surface area contributed by atoms with E-state index in [0.717, 1.165) is 5.57 Å². The number of carbonyl (C=O) groups excluding carboxylic acids is 1. The number of carbonyl (C=O) groups is 1. The highest BCUT2D eigenvalue weighted by molar-refractivity contribution is 6.79. The summed E-state index contributed by atoms with van der Waals surface area (Å²) < 4.78 is 16.8. The maximum Gasteiger partial charge on any atom is 0.316 e. The lowest BCUT2D eigenvalue weighted by Gasteiger charge is -2.47. The van der Waals surface area contributed by atoms with Crippen LogP contribution in [0.15, 0.2) is 23.3 Å². The molecule has 0 amide bonds. The van der Waals surface area contributed by atoms with E-state index < -0.39 is 37.3 Å². The van der Waals surface area contributed by atoms with Gasteiger partial charge in [-0.3, -0.25) is 4.79 Å². The smallest absolute Gasteiger partial charge is 0.316 e. The quantitative estimate of drug-likeness (QED) is 0.336. The fraction of sp³-hybridized carbons (Fsp3) is 0.722. The molecule has 1 N–H and O–H groups in total. The summed E-state index contributed by atoms with van der Waals surface area (Å²) in [6, 6.07) is 0. The Bertz CT molecular complexity index is 652. The van der Waals surface area contributed by atoms with Crippen LogP contribution >= 0.6 is 0 Å². The Morgan fingerprint density at radius 3 is 2.62 bits per heavy atom. The topological polar surface area (TPSA) is 83.5 Å². The fourth-order valence-electron chi connectivity index (χ4n) is 3.99. The molecule has 3 aliphatic rings. The Morgan fingerprint density at radius 2 is 2.08 bits per heavy atom. The number of hydrogen-bond donors (Lipinski definition) is 1. The summed E-state index contributed by atoms with van der Waals surface area (Å²) in [4.78, 5) is 23.5. The van der Waals surface area contributed by atoms with Crippen molar-refractivity contribution in [2.75, 3.05) is 13.7 Å². The van der Waals surface area contributed by atoms with Crippen LogP contribution in [0.3, 0.4) is 0 Å². The van der Waals surface area contributed by atoms with Crippen LogP contribution in [0.5, 0.6) is 0 Å². The molecule has 1 saturated heterocycles. The average molecular weight is 385 g/mol. The van der Waals surface area contributed by atoms with Gasteiger partial charge in [0.15, 0.2) is 0 Å². The molecular weight excluding hydrogens is 356 g/mol. The molecule has 2 bridgehead atoms. The summed E-state index contributed by atoms with van der Waals surface area (Å²) in [5.41, 5.74) is -1.25. The lowest BCUT2D eigenvalue weighted by Crippen LogP contribution is -2.62. The normalized spacial score (nSPS) is 39.6. The number of fused-ring (bicyclic) bond motifs is 2. The minimum Gasteiger partial charge on any atom is -0.465 e. The van der Waals surface area contributed by atoms with Crippen molar-refractivity contribution in [3.63, 3.8) is 0 Å². The van der Waals surface area contributed by atoms with E-state index in [4.69, 9.17) is 24.0 Å². The van der Waals surface area contributed by atoms with E-state index in [0.29, 0.717) is 5.57 Å². The van der Waals surface area contributed by atoms with E-state index in [1.807, 2.05) is 6.92 Å². The number of aliphatic hydroxyl groups is 1. The summed E-state index contributed by atoms with van der Waals surface area (Å²) in [5.74, 6) is -1.33. The molecular formula is C18H28O7Si. The van der Waals surface area contributed by atoms with Gasteiger partial charge in [0.25, 0.3) is 0 Å². The molecule has 0 unspecified atom stereocenters. The third-order valence-electron chi connectivity index (χ3n) is 5.43. The van der Waals surface area contributed by atoms with Crippen molar-refractivity contribution in [3.05, 3.63) is 23.3 Å². The van der Waals surface area contributed by atoms with Crippen LogP contribution in [-0.2, 0) is 28.8 Å². The second-order valence-electron chi connectivity index (χ2n) is 8.11. The maximum absolute atomic E-state index is 12.7. The zero-order chi connectivity index (χ0) is 19.3. The molecule has 0 spiro atoms. The van der Waals surface area contributed by atoms with Gasteiger partial charge in [-0.05, 0) is 25.5 Å².